The van der Waals surface area contributed by atoms with Gasteiger partial charge in [0.05, 0.1) is 23.1 Å². The average molecular weight is 383 g/mol. The van der Waals surface area contributed by atoms with Crippen LogP contribution in [0.1, 0.15) is 34.0 Å². The Morgan fingerprint density at radius 1 is 1.03 bits per heavy atom. The number of pyridine rings is 1. The molecular weight excluding hydrogens is 366 g/mol. The molecule has 2 N–H and O–H groups in total. The minimum Gasteiger partial charge on any atom is -0.422 e. The molecule has 142 valence electrons. The van der Waals surface area contributed by atoms with Gasteiger partial charge in [-0.1, -0.05) is 36.4 Å². The minimum absolute atomic E-state index is 0.219. The maximum absolute atomic E-state index is 13.0. The number of fused-ring (bicyclic) bond motifs is 2. The molecular formula is C23H17N3O3. The molecule has 6 nitrogen and oxygen atoms in total. The van der Waals surface area contributed by atoms with Gasteiger partial charge in [-0.05, 0) is 36.8 Å². The maximum Gasteiger partial charge on any atom is 0.344 e. The van der Waals surface area contributed by atoms with E-state index in [2.05, 4.69) is 4.98 Å². The van der Waals surface area contributed by atoms with Crippen LogP contribution in [0.4, 0.5) is 11.4 Å². The zero-order valence-corrected chi connectivity index (χ0v) is 15.6. The number of carbonyl (C=O) groups is 2. The van der Waals surface area contributed by atoms with Crippen LogP contribution in [0.3, 0.4) is 0 Å². The Balaban J connectivity index is 1.57. The van der Waals surface area contributed by atoms with Gasteiger partial charge in [0.25, 0.3) is 5.91 Å². The Morgan fingerprint density at radius 2 is 1.76 bits per heavy atom. The number of hydrogen-bond donors (Lipinski definition) is 1. The van der Waals surface area contributed by atoms with Crippen molar-refractivity contribution in [1.29, 1.82) is 0 Å². The van der Waals surface area contributed by atoms with Crippen LogP contribution in [0.2, 0.25) is 0 Å². The van der Waals surface area contributed by atoms with Crippen LogP contribution in [-0.4, -0.2) is 16.9 Å². The Kier molecular flexibility index (Phi) is 3.66. The fourth-order valence-electron chi connectivity index (χ4n) is 3.81. The van der Waals surface area contributed by atoms with E-state index in [1.165, 1.54) is 0 Å². The van der Waals surface area contributed by atoms with Gasteiger partial charge < -0.3 is 10.5 Å². The predicted octanol–water partition coefficient (Wildman–Crippen LogP) is 3.60. The summed E-state index contributed by atoms with van der Waals surface area (Å²) in [4.78, 5) is 30.9. The van der Waals surface area contributed by atoms with Gasteiger partial charge in [0.15, 0.2) is 0 Å². The summed E-state index contributed by atoms with van der Waals surface area (Å²) in [5, 5.41) is 0. The second-order valence-electron chi connectivity index (χ2n) is 7.28. The maximum atomic E-state index is 13.0. The number of rotatable bonds is 2. The molecule has 0 bridgehead atoms. The Bertz CT molecular complexity index is 1210. The van der Waals surface area contributed by atoms with Gasteiger partial charge in [-0.25, -0.2) is 4.79 Å². The highest BCUT2D eigenvalue weighted by Gasteiger charge is 2.45. The monoisotopic (exact) mass is 383 g/mol. The van der Waals surface area contributed by atoms with E-state index in [4.69, 9.17) is 10.5 Å². The highest BCUT2D eigenvalue weighted by Crippen LogP contribution is 2.42. The fraction of sp³-hybridized carbons (Fsp3) is 0.0870. The molecule has 6 heteroatoms. The summed E-state index contributed by atoms with van der Waals surface area (Å²) in [6.07, 6.45) is 5.01. The Labute approximate surface area is 167 Å². The van der Waals surface area contributed by atoms with Gasteiger partial charge in [0.2, 0.25) is 0 Å². The number of amides is 1. The number of nitrogens with two attached hydrogens (primary N) is 1. The van der Waals surface area contributed by atoms with Crippen molar-refractivity contribution in [3.05, 3.63) is 89.2 Å². The van der Waals surface area contributed by atoms with Gasteiger partial charge in [0.1, 0.15) is 11.3 Å². The first-order valence-electron chi connectivity index (χ1n) is 9.18. The van der Waals surface area contributed by atoms with Crippen LogP contribution < -0.4 is 10.6 Å². The minimum atomic E-state index is -1.11. The predicted molar refractivity (Wildman–Crippen MR) is 109 cm³/mol. The molecule has 2 aromatic carbocycles. The van der Waals surface area contributed by atoms with Crippen LogP contribution in [0.15, 0.2) is 67.0 Å². The van der Waals surface area contributed by atoms with Gasteiger partial charge in [-0.3, -0.25) is 14.7 Å². The smallest absolute Gasteiger partial charge is 0.344 e. The number of anilines is 2. The van der Waals surface area contributed by atoms with E-state index < -0.39 is 5.54 Å². The molecule has 3 aromatic rings. The summed E-state index contributed by atoms with van der Waals surface area (Å²) in [7, 11) is 0. The van der Waals surface area contributed by atoms with E-state index in [0.29, 0.717) is 22.6 Å². The number of esters is 1. The van der Waals surface area contributed by atoms with E-state index >= 15 is 0 Å². The summed E-state index contributed by atoms with van der Waals surface area (Å²) in [6.45, 7) is 1.71. The molecule has 1 amide bonds. The molecule has 0 spiro atoms. The van der Waals surface area contributed by atoms with Crippen molar-refractivity contribution < 1.29 is 14.3 Å². The number of nitrogens with zero attached hydrogens (tertiary/aromatic N) is 2. The lowest BCUT2D eigenvalue weighted by molar-refractivity contribution is -0.121. The lowest BCUT2D eigenvalue weighted by Gasteiger charge is -2.20. The van der Waals surface area contributed by atoms with Crippen LogP contribution in [0.25, 0.3) is 11.8 Å². The van der Waals surface area contributed by atoms with E-state index in [-0.39, 0.29) is 11.9 Å². The third-order valence-electron chi connectivity index (χ3n) is 5.27. The van der Waals surface area contributed by atoms with Gasteiger partial charge in [-0.15, -0.1) is 0 Å². The lowest BCUT2D eigenvalue weighted by atomic mass is 9.95. The third-order valence-corrected chi connectivity index (χ3v) is 5.27. The van der Waals surface area contributed by atoms with Gasteiger partial charge in [0, 0.05) is 17.3 Å². The first-order valence-corrected chi connectivity index (χ1v) is 9.18. The van der Waals surface area contributed by atoms with Crippen LogP contribution in [0, 0.1) is 0 Å². The van der Waals surface area contributed by atoms with Crippen LogP contribution in [-0.2, 0) is 15.1 Å². The SMILES string of the molecule is CC1(N)C(=O)N(c2cncc(C=C3OC(=O)c4ccccc43)c2)c2ccccc21. The van der Waals surface area contributed by atoms with Gasteiger partial charge in [-0.2, -0.15) is 0 Å². The zero-order chi connectivity index (χ0) is 20.2. The van der Waals surface area contributed by atoms with Crippen LogP contribution in [0.5, 0.6) is 0 Å². The van der Waals surface area contributed by atoms with Crippen molar-refractivity contribution in [2.75, 3.05) is 4.90 Å². The van der Waals surface area contributed by atoms with E-state index in [1.54, 1.807) is 42.4 Å². The van der Waals surface area contributed by atoms with E-state index in [1.807, 2.05) is 42.5 Å². The standard InChI is InChI=1S/C23H17N3O3/c1-23(24)18-8-4-5-9-19(18)26(22(23)28)15-10-14(12-25-13-15)11-20-16-6-2-3-7-17(16)21(27)29-20/h2-13H,24H2,1H3. The Morgan fingerprint density at radius 3 is 2.59 bits per heavy atom. The van der Waals surface area contributed by atoms with Crippen molar-refractivity contribution in [2.24, 2.45) is 5.73 Å². The molecule has 1 aromatic heterocycles. The van der Waals surface area contributed by atoms with Crippen molar-refractivity contribution >= 4 is 35.1 Å². The third kappa shape index (κ3) is 2.57. The fourth-order valence-corrected chi connectivity index (χ4v) is 3.81. The quantitative estimate of drug-likeness (QED) is 0.684. The molecule has 2 aliphatic rings. The number of cyclic esters (lactones) is 1. The molecule has 3 heterocycles. The molecule has 1 unspecified atom stereocenters. The highest BCUT2D eigenvalue weighted by molar-refractivity contribution is 6.12. The van der Waals surface area contributed by atoms with E-state index in [0.717, 1.165) is 16.8 Å². The summed E-state index contributed by atoms with van der Waals surface area (Å²) in [5.41, 5.74) is 9.30. The molecule has 0 radical (unpaired) electrons. The zero-order valence-electron chi connectivity index (χ0n) is 15.6. The largest absolute Gasteiger partial charge is 0.422 e. The first kappa shape index (κ1) is 17.3. The molecule has 0 fully saturated rings. The molecule has 0 saturated heterocycles. The number of para-hydroxylation sites is 1. The summed E-state index contributed by atoms with van der Waals surface area (Å²) >= 11 is 0. The van der Waals surface area contributed by atoms with Gasteiger partial charge >= 0.3 is 5.97 Å². The lowest BCUT2D eigenvalue weighted by Crippen LogP contribution is -2.43. The summed E-state index contributed by atoms with van der Waals surface area (Å²) in [6, 6.07) is 16.5. The van der Waals surface area contributed by atoms with E-state index in [9.17, 15) is 9.59 Å². The molecule has 2 aliphatic heterocycles. The second-order valence-corrected chi connectivity index (χ2v) is 7.28. The summed E-state index contributed by atoms with van der Waals surface area (Å²) in [5.74, 6) is -0.136. The highest BCUT2D eigenvalue weighted by atomic mass is 16.5. The normalized spacial score (nSPS) is 21.3. The van der Waals surface area contributed by atoms with Crippen molar-refractivity contribution in [3.63, 3.8) is 0 Å². The number of aromatic nitrogens is 1. The topological polar surface area (TPSA) is 85.5 Å². The number of hydrogen-bond acceptors (Lipinski definition) is 5. The first-order chi connectivity index (χ1) is 14.0. The summed E-state index contributed by atoms with van der Waals surface area (Å²) < 4.78 is 5.41. The molecule has 5 rings (SSSR count). The number of ether oxygens (including phenoxy) is 1. The molecule has 1 atom stereocenters. The molecule has 0 aliphatic carbocycles. The second kappa shape index (κ2) is 6.12. The van der Waals surface area contributed by atoms with Crippen LogP contribution >= 0.6 is 0 Å². The number of benzene rings is 2. The Hall–Kier alpha value is -3.77. The van der Waals surface area contributed by atoms with Crippen molar-refractivity contribution in [2.45, 2.75) is 12.5 Å². The van der Waals surface area contributed by atoms with Crippen molar-refractivity contribution in [1.82, 2.24) is 4.98 Å². The average Bonchev–Trinajstić information content (AvgIpc) is 3.14. The molecule has 29 heavy (non-hydrogen) atoms. The van der Waals surface area contributed by atoms with Crippen molar-refractivity contribution in [3.8, 4) is 0 Å². The molecule has 0 saturated carbocycles. The number of carbonyl (C=O) groups excluding carboxylic acids is 2.